The Kier molecular flexibility index (Phi) is 19.5. The zero-order valence-electron chi connectivity index (χ0n) is 31.7. The van der Waals surface area contributed by atoms with Gasteiger partial charge in [-0.2, -0.15) is 0 Å². The van der Waals surface area contributed by atoms with E-state index in [2.05, 4.69) is 31.9 Å². The van der Waals surface area contributed by atoms with Gasteiger partial charge in [0.2, 0.25) is 41.4 Å². The predicted molar refractivity (Wildman–Crippen MR) is 191 cm³/mol. The molecule has 0 aromatic carbocycles. The summed E-state index contributed by atoms with van der Waals surface area (Å²) in [6.45, 7) is 9.51. The van der Waals surface area contributed by atoms with Crippen molar-refractivity contribution in [3.8, 4) is 0 Å². The van der Waals surface area contributed by atoms with Crippen molar-refractivity contribution in [1.82, 2.24) is 31.9 Å². The van der Waals surface area contributed by atoms with E-state index in [1.54, 1.807) is 13.8 Å². The molecule has 1 saturated carbocycles. The summed E-state index contributed by atoms with van der Waals surface area (Å²) in [4.78, 5) is 113. The first-order valence-electron chi connectivity index (χ1n) is 18.1. The molecule has 0 saturated heterocycles. The van der Waals surface area contributed by atoms with Crippen LogP contribution in [0.25, 0.3) is 0 Å². The van der Waals surface area contributed by atoms with Gasteiger partial charge in [-0.1, -0.05) is 66.7 Å². The molecule has 1 rings (SSSR count). The number of carbonyl (C=O) groups is 9. The van der Waals surface area contributed by atoms with Crippen LogP contribution in [0.1, 0.15) is 112 Å². The Morgan fingerprint density at radius 1 is 0.717 bits per heavy atom. The molecule has 1 fully saturated rings. The van der Waals surface area contributed by atoms with Crippen LogP contribution < -0.4 is 37.6 Å². The van der Waals surface area contributed by atoms with Gasteiger partial charge in [-0.25, -0.2) is 4.79 Å². The molecule has 1 aliphatic rings. The minimum Gasteiger partial charge on any atom is -0.481 e. The highest BCUT2D eigenvalue weighted by Crippen LogP contribution is 2.27. The maximum Gasteiger partial charge on any atom is 0.326 e. The number of hydrogen-bond donors (Lipinski definition) is 9. The molecule has 0 aromatic heterocycles. The van der Waals surface area contributed by atoms with Crippen molar-refractivity contribution < 1.29 is 53.4 Å². The average molecular weight is 754 g/mol. The first-order chi connectivity index (χ1) is 24.6. The van der Waals surface area contributed by atoms with Gasteiger partial charge in [-0.3, -0.25) is 38.4 Å². The zero-order chi connectivity index (χ0) is 40.5. The molecule has 0 radical (unpaired) electrons. The number of carboxylic acids is 2. The third-order valence-electron chi connectivity index (χ3n) is 8.52. The molecule has 5 atom stereocenters. The van der Waals surface area contributed by atoms with Crippen molar-refractivity contribution in [2.24, 2.45) is 23.0 Å². The summed E-state index contributed by atoms with van der Waals surface area (Å²) in [6, 6.07) is -6.61. The summed E-state index contributed by atoms with van der Waals surface area (Å²) >= 11 is 0. The summed E-state index contributed by atoms with van der Waals surface area (Å²) < 4.78 is 0. The average Bonchev–Trinajstić information content (AvgIpc) is 3.03. The lowest BCUT2D eigenvalue weighted by Crippen LogP contribution is -2.59. The van der Waals surface area contributed by atoms with E-state index in [0.29, 0.717) is 0 Å². The van der Waals surface area contributed by atoms with Gasteiger partial charge in [-0.05, 0) is 42.9 Å². The third-order valence-corrected chi connectivity index (χ3v) is 8.52. The van der Waals surface area contributed by atoms with Gasteiger partial charge >= 0.3 is 11.9 Å². The standard InChI is InChI=1S/C35H59N7O11/c1-19(2)14-23(30(48)37-18-28(45)39-26(34(52)53)17-35(4,5)6)40-33(51)25(16-29(46)47)42-32(50)24(15-21-10-8-7-9-11-21)41-31(49)22(38-20(3)43)12-13-27(36)44/h19,21-26H,7-18H2,1-6H3,(H2,36,44)(H,37,48)(H,38,43)(H,39,45)(H,40,51)(H,41,49)(H,42,50)(H,46,47)(H,52,53)/t22-,23-,24-,25-,26-/m0/s1. The molecule has 0 bridgehead atoms. The highest BCUT2D eigenvalue weighted by atomic mass is 16.4. The second kappa shape index (κ2) is 22.3. The van der Waals surface area contributed by atoms with E-state index in [1.807, 2.05) is 20.8 Å². The molecule has 18 nitrogen and oxygen atoms in total. The molecule has 10 N–H and O–H groups in total. The van der Waals surface area contributed by atoms with E-state index in [0.717, 1.165) is 32.1 Å². The van der Waals surface area contributed by atoms with Gasteiger partial charge in [-0.15, -0.1) is 0 Å². The molecule has 0 aromatic rings. The summed E-state index contributed by atoms with van der Waals surface area (Å²) in [5, 5.41) is 33.8. The van der Waals surface area contributed by atoms with Gasteiger partial charge in [0.15, 0.2) is 0 Å². The second-order valence-electron chi connectivity index (χ2n) is 15.3. The van der Waals surface area contributed by atoms with Crippen LogP contribution in [-0.4, -0.2) is 100 Å². The topological polar surface area (TPSA) is 292 Å². The van der Waals surface area contributed by atoms with E-state index >= 15 is 0 Å². The minimum absolute atomic E-state index is 0.0203. The molecule has 1 aliphatic carbocycles. The summed E-state index contributed by atoms with van der Waals surface area (Å²) in [5.74, 6) is -8.34. The van der Waals surface area contributed by atoms with E-state index < -0.39 is 102 Å². The molecule has 0 aliphatic heterocycles. The minimum atomic E-state index is -1.69. The third kappa shape index (κ3) is 19.6. The number of rotatable bonds is 22. The Labute approximate surface area is 310 Å². The van der Waals surface area contributed by atoms with Crippen molar-refractivity contribution in [2.75, 3.05) is 6.54 Å². The van der Waals surface area contributed by atoms with Gasteiger partial charge in [0.05, 0.1) is 13.0 Å². The lowest BCUT2D eigenvalue weighted by molar-refractivity contribution is -0.142. The lowest BCUT2D eigenvalue weighted by atomic mass is 9.84. The van der Waals surface area contributed by atoms with Crippen LogP contribution in [0.3, 0.4) is 0 Å². The van der Waals surface area contributed by atoms with Crippen molar-refractivity contribution in [3.05, 3.63) is 0 Å². The quantitative estimate of drug-likeness (QED) is 0.0699. The Morgan fingerprint density at radius 3 is 1.77 bits per heavy atom. The molecule has 0 heterocycles. The van der Waals surface area contributed by atoms with E-state index in [9.17, 15) is 53.4 Å². The van der Waals surface area contributed by atoms with Gasteiger partial charge < -0.3 is 47.8 Å². The van der Waals surface area contributed by atoms with E-state index in [1.165, 1.54) is 6.92 Å². The Bertz CT molecular complexity index is 1330. The normalized spacial score (nSPS) is 16.1. The number of primary amides is 1. The predicted octanol–water partition coefficient (Wildman–Crippen LogP) is -0.176. The molecule has 0 unspecified atom stereocenters. The molecule has 7 amide bonds. The highest BCUT2D eigenvalue weighted by Gasteiger charge is 2.34. The number of nitrogens with two attached hydrogens (primary N) is 1. The number of carboxylic acid groups (broad SMARTS) is 2. The highest BCUT2D eigenvalue weighted by molar-refractivity contribution is 5.97. The molecular weight excluding hydrogens is 694 g/mol. The van der Waals surface area contributed by atoms with E-state index in [4.69, 9.17) is 5.73 Å². The Hall–Kier alpha value is -4.77. The summed E-state index contributed by atoms with van der Waals surface area (Å²) in [7, 11) is 0. The van der Waals surface area contributed by atoms with Crippen LogP contribution in [0.5, 0.6) is 0 Å². The summed E-state index contributed by atoms with van der Waals surface area (Å²) in [5.41, 5.74) is 4.81. The first-order valence-corrected chi connectivity index (χ1v) is 18.1. The summed E-state index contributed by atoms with van der Waals surface area (Å²) in [6.07, 6.45) is 3.46. The van der Waals surface area contributed by atoms with Crippen LogP contribution in [0.15, 0.2) is 0 Å². The maximum atomic E-state index is 13.7. The smallest absolute Gasteiger partial charge is 0.326 e. The van der Waals surface area contributed by atoms with Crippen LogP contribution in [0.4, 0.5) is 0 Å². The van der Waals surface area contributed by atoms with Crippen molar-refractivity contribution in [3.63, 3.8) is 0 Å². The van der Waals surface area contributed by atoms with Crippen LogP contribution in [0.2, 0.25) is 0 Å². The first kappa shape index (κ1) is 46.3. The van der Waals surface area contributed by atoms with Crippen molar-refractivity contribution in [1.29, 1.82) is 0 Å². The van der Waals surface area contributed by atoms with Gasteiger partial charge in [0, 0.05) is 13.3 Å². The molecule has 18 heteroatoms. The number of amides is 7. The number of aliphatic carboxylic acids is 2. The van der Waals surface area contributed by atoms with E-state index in [-0.39, 0.29) is 43.9 Å². The number of nitrogens with one attached hydrogen (secondary N) is 6. The fourth-order valence-corrected chi connectivity index (χ4v) is 6.04. The van der Waals surface area contributed by atoms with Gasteiger partial charge in [0.1, 0.15) is 30.2 Å². The molecule has 300 valence electrons. The fraction of sp³-hybridized carbons (Fsp3) is 0.743. The van der Waals surface area contributed by atoms with Gasteiger partial charge in [0.25, 0.3) is 0 Å². The zero-order valence-corrected chi connectivity index (χ0v) is 31.7. The number of hydrogen-bond acceptors (Lipinski definition) is 9. The molecule has 53 heavy (non-hydrogen) atoms. The second-order valence-corrected chi connectivity index (χ2v) is 15.3. The monoisotopic (exact) mass is 753 g/mol. The lowest BCUT2D eigenvalue weighted by Gasteiger charge is -2.29. The maximum absolute atomic E-state index is 13.7. The Morgan fingerprint density at radius 2 is 1.26 bits per heavy atom. The van der Waals surface area contributed by atoms with Crippen LogP contribution in [0, 0.1) is 17.3 Å². The van der Waals surface area contributed by atoms with Crippen LogP contribution >= 0.6 is 0 Å². The van der Waals surface area contributed by atoms with Crippen molar-refractivity contribution >= 4 is 53.3 Å². The SMILES string of the molecule is CC(=O)N[C@@H](CCC(N)=O)C(=O)N[C@@H](CC1CCCCC1)C(=O)N[C@@H](CC(=O)O)C(=O)N[C@@H](CC(C)C)C(=O)NCC(=O)N[C@@H](CC(C)(C)C)C(=O)O. The molecule has 0 spiro atoms. The Balaban J connectivity index is 3.19. The van der Waals surface area contributed by atoms with Crippen LogP contribution in [-0.2, 0) is 43.2 Å². The number of carbonyl (C=O) groups excluding carboxylic acids is 7. The van der Waals surface area contributed by atoms with Crippen molar-refractivity contribution in [2.45, 2.75) is 142 Å². The largest absolute Gasteiger partial charge is 0.481 e. The fourth-order valence-electron chi connectivity index (χ4n) is 6.04. The molecular formula is C35H59N7O11.